The van der Waals surface area contributed by atoms with Crippen molar-refractivity contribution < 1.29 is 39.9 Å². The first-order chi connectivity index (χ1) is 16.5. The minimum atomic E-state index is -4.88. The van der Waals surface area contributed by atoms with Gasteiger partial charge in [-0.1, -0.05) is 30.3 Å². The van der Waals surface area contributed by atoms with Gasteiger partial charge >= 0.3 is 6.18 Å². The molecule has 0 unspecified atom stereocenters. The number of hydrogen-bond acceptors (Lipinski definition) is 4. The average molecular weight is 499 g/mol. The fraction of sp³-hybridized carbons (Fsp3) is 0.0476. The van der Waals surface area contributed by atoms with Crippen LogP contribution in [0.15, 0.2) is 47.6 Å². The second kappa shape index (κ2) is 8.77. The molecular formula is C21H9F8N5O. The molecule has 0 atom stereocenters. The van der Waals surface area contributed by atoms with Crippen LogP contribution >= 0.6 is 0 Å². The van der Waals surface area contributed by atoms with E-state index < -0.39 is 58.1 Å². The molecule has 2 aromatic heterocycles. The van der Waals surface area contributed by atoms with Crippen LogP contribution in [-0.4, -0.2) is 26.7 Å². The Labute approximate surface area is 189 Å². The number of rotatable bonds is 4. The highest BCUT2D eigenvalue weighted by molar-refractivity contribution is 5.94. The largest absolute Gasteiger partial charge is 0.433 e. The van der Waals surface area contributed by atoms with Crippen molar-refractivity contribution in [2.45, 2.75) is 6.18 Å². The Morgan fingerprint density at radius 2 is 1.51 bits per heavy atom. The Kier molecular flexibility index (Phi) is 5.96. The fourth-order valence-electron chi connectivity index (χ4n) is 2.99. The number of carbonyl (C=O) groups excluding carboxylic acids is 1. The zero-order chi connectivity index (χ0) is 25.5. The van der Waals surface area contributed by atoms with E-state index in [9.17, 15) is 39.9 Å². The summed E-state index contributed by atoms with van der Waals surface area (Å²) in [6, 6.07) is 9.51. The molecule has 6 nitrogen and oxygen atoms in total. The maximum Gasteiger partial charge on any atom is 0.433 e. The van der Waals surface area contributed by atoms with E-state index in [1.807, 2.05) is 0 Å². The number of halogens is 8. The summed E-state index contributed by atoms with van der Waals surface area (Å²) in [7, 11) is 0. The summed E-state index contributed by atoms with van der Waals surface area (Å²) in [5, 5.41) is 6.65. The molecule has 2 aromatic carbocycles. The molecule has 1 amide bonds. The molecule has 0 spiro atoms. The van der Waals surface area contributed by atoms with Crippen molar-refractivity contribution in [3.05, 3.63) is 88.5 Å². The lowest BCUT2D eigenvalue weighted by molar-refractivity contribution is -0.142. The van der Waals surface area contributed by atoms with Crippen molar-refractivity contribution in [3.8, 4) is 11.3 Å². The summed E-state index contributed by atoms with van der Waals surface area (Å²) in [4.78, 5) is 16.3. The quantitative estimate of drug-likeness (QED) is 0.143. The number of hydrazone groups is 1. The number of fused-ring (bicyclic) bond motifs is 1. The van der Waals surface area contributed by atoms with Crippen LogP contribution < -0.4 is 5.43 Å². The molecule has 0 aliphatic rings. The third-order valence-electron chi connectivity index (χ3n) is 4.62. The Bertz CT molecular complexity index is 1450. The van der Waals surface area contributed by atoms with Gasteiger partial charge in [0.1, 0.15) is 0 Å². The summed E-state index contributed by atoms with van der Waals surface area (Å²) in [5.74, 6) is -12.5. The first kappa shape index (κ1) is 23.8. The lowest BCUT2D eigenvalue weighted by atomic mass is 10.1. The highest BCUT2D eigenvalue weighted by atomic mass is 19.4. The first-order valence-electron chi connectivity index (χ1n) is 9.37. The van der Waals surface area contributed by atoms with Gasteiger partial charge in [-0.15, -0.1) is 0 Å². The molecule has 0 aliphatic heterocycles. The van der Waals surface area contributed by atoms with E-state index in [0.29, 0.717) is 10.1 Å². The number of amides is 1. The van der Waals surface area contributed by atoms with Crippen LogP contribution in [0, 0.1) is 29.1 Å². The smallest absolute Gasteiger partial charge is 0.265 e. The van der Waals surface area contributed by atoms with E-state index >= 15 is 0 Å². The normalized spacial score (nSPS) is 12.0. The predicted octanol–water partition coefficient (Wildman–Crippen LogP) is 4.87. The molecular weight excluding hydrogens is 490 g/mol. The van der Waals surface area contributed by atoms with E-state index in [1.54, 1.807) is 23.6 Å². The van der Waals surface area contributed by atoms with Crippen LogP contribution in [0.1, 0.15) is 21.7 Å². The summed E-state index contributed by atoms with van der Waals surface area (Å²) in [6.45, 7) is 0. The van der Waals surface area contributed by atoms with Crippen molar-refractivity contribution >= 4 is 17.8 Å². The Morgan fingerprint density at radius 1 is 0.914 bits per heavy atom. The molecule has 0 saturated heterocycles. The molecule has 0 saturated carbocycles. The second-order valence-corrected chi connectivity index (χ2v) is 6.87. The fourth-order valence-corrected chi connectivity index (χ4v) is 2.99. The van der Waals surface area contributed by atoms with Gasteiger partial charge in [-0.3, -0.25) is 4.79 Å². The number of carbonyl (C=O) groups is 1. The minimum Gasteiger partial charge on any atom is -0.265 e. The summed E-state index contributed by atoms with van der Waals surface area (Å²) >= 11 is 0. The number of hydrogen-bond donors (Lipinski definition) is 1. The maximum atomic E-state index is 13.7. The van der Waals surface area contributed by atoms with Gasteiger partial charge in [0, 0.05) is 11.6 Å². The van der Waals surface area contributed by atoms with Gasteiger partial charge in [-0.25, -0.2) is 36.9 Å². The molecule has 35 heavy (non-hydrogen) atoms. The second-order valence-electron chi connectivity index (χ2n) is 6.87. The number of nitrogens with zero attached hydrogens (tertiary/aromatic N) is 4. The van der Waals surface area contributed by atoms with Gasteiger partial charge < -0.3 is 0 Å². The van der Waals surface area contributed by atoms with Crippen molar-refractivity contribution in [2.24, 2.45) is 5.10 Å². The zero-order valence-electron chi connectivity index (χ0n) is 16.8. The van der Waals surface area contributed by atoms with Gasteiger partial charge in [0.2, 0.25) is 5.82 Å². The lowest BCUT2D eigenvalue weighted by Crippen LogP contribution is -2.19. The maximum absolute atomic E-state index is 13.7. The van der Waals surface area contributed by atoms with E-state index in [2.05, 4.69) is 15.2 Å². The van der Waals surface area contributed by atoms with Gasteiger partial charge in [-0.2, -0.15) is 23.4 Å². The van der Waals surface area contributed by atoms with E-state index in [4.69, 9.17) is 0 Å². The SMILES string of the molecule is O=C(N/N=C/c1c(F)c(F)c(F)c(F)c1F)c1cc2nc(-c3ccccc3)cc(C(F)(F)F)n2n1. The topological polar surface area (TPSA) is 71.7 Å². The number of aromatic nitrogens is 3. The summed E-state index contributed by atoms with van der Waals surface area (Å²) < 4.78 is 108. The standard InChI is InChI=1S/C21H9F8N5O/c22-15-10(16(23)18(25)19(26)17(15)24)8-30-32-20(35)12-7-14-31-11(9-4-2-1-3-5-9)6-13(21(27,28)29)34(14)33-12/h1-8H,(H,32,35)/b30-8+. The number of benzene rings is 2. The molecule has 0 fully saturated rings. The monoisotopic (exact) mass is 499 g/mol. The molecule has 0 bridgehead atoms. The average Bonchev–Trinajstić information content (AvgIpc) is 3.27. The van der Waals surface area contributed by atoms with Gasteiger partial charge in [-0.05, 0) is 6.07 Å². The number of nitrogens with one attached hydrogen (secondary N) is 1. The summed E-state index contributed by atoms with van der Waals surface area (Å²) in [5.41, 5.74) is -1.66. The molecule has 0 radical (unpaired) electrons. The lowest BCUT2D eigenvalue weighted by Gasteiger charge is -2.10. The molecule has 14 heteroatoms. The van der Waals surface area contributed by atoms with E-state index in [1.165, 1.54) is 12.1 Å². The highest BCUT2D eigenvalue weighted by Gasteiger charge is 2.35. The van der Waals surface area contributed by atoms with Crippen LogP contribution in [0.5, 0.6) is 0 Å². The number of alkyl halides is 3. The molecule has 180 valence electrons. The first-order valence-corrected chi connectivity index (χ1v) is 9.37. The van der Waals surface area contributed by atoms with E-state index in [0.717, 1.165) is 12.1 Å². The highest BCUT2D eigenvalue weighted by Crippen LogP contribution is 2.32. The molecule has 2 heterocycles. The Hall–Kier alpha value is -4.36. The van der Waals surface area contributed by atoms with Crippen LogP contribution in [0.2, 0.25) is 0 Å². The van der Waals surface area contributed by atoms with Crippen LogP contribution in [0.3, 0.4) is 0 Å². The Morgan fingerprint density at radius 3 is 2.11 bits per heavy atom. The van der Waals surface area contributed by atoms with Crippen molar-refractivity contribution in [3.63, 3.8) is 0 Å². The molecule has 0 aliphatic carbocycles. The van der Waals surface area contributed by atoms with Crippen molar-refractivity contribution in [1.29, 1.82) is 0 Å². The zero-order valence-corrected chi connectivity index (χ0v) is 16.8. The third kappa shape index (κ3) is 4.41. The Balaban J connectivity index is 1.68. The molecule has 4 rings (SSSR count). The van der Waals surface area contributed by atoms with Gasteiger partial charge in [0.05, 0.1) is 17.5 Å². The van der Waals surface area contributed by atoms with E-state index in [-0.39, 0.29) is 17.6 Å². The molecule has 1 N–H and O–H groups in total. The van der Waals surface area contributed by atoms with Crippen molar-refractivity contribution in [2.75, 3.05) is 0 Å². The van der Waals surface area contributed by atoms with Crippen LogP contribution in [0.25, 0.3) is 16.9 Å². The van der Waals surface area contributed by atoms with Crippen molar-refractivity contribution in [1.82, 2.24) is 20.0 Å². The summed E-state index contributed by atoms with van der Waals surface area (Å²) in [6.07, 6.45) is -4.73. The van der Waals surface area contributed by atoms with Crippen LogP contribution in [0.4, 0.5) is 35.1 Å². The van der Waals surface area contributed by atoms with Gasteiger partial charge in [0.25, 0.3) is 5.91 Å². The minimum absolute atomic E-state index is 0.0541. The molecule has 4 aromatic rings. The van der Waals surface area contributed by atoms with Gasteiger partial charge in [0.15, 0.2) is 40.3 Å². The van der Waals surface area contributed by atoms with Crippen LogP contribution in [-0.2, 0) is 6.18 Å². The predicted molar refractivity (Wildman–Crippen MR) is 105 cm³/mol. The third-order valence-corrected chi connectivity index (χ3v) is 4.62.